The third-order valence-corrected chi connectivity index (χ3v) is 5.83. The second-order valence-corrected chi connectivity index (χ2v) is 8.87. The van der Waals surface area contributed by atoms with Crippen molar-refractivity contribution in [3.63, 3.8) is 0 Å². The molecule has 3 rings (SSSR count). The van der Waals surface area contributed by atoms with E-state index in [2.05, 4.69) is 10.5 Å². The van der Waals surface area contributed by atoms with E-state index in [1.165, 1.54) is 36.0 Å². The number of hydrogen-bond acceptors (Lipinski definition) is 5. The number of halogens is 5. The number of alkyl halides is 3. The third kappa shape index (κ3) is 4.89. The van der Waals surface area contributed by atoms with Crippen molar-refractivity contribution >= 4 is 52.5 Å². The molecule has 32 heavy (non-hydrogen) atoms. The highest BCUT2D eigenvalue weighted by atomic mass is 35.5. The van der Waals surface area contributed by atoms with Crippen molar-refractivity contribution in [2.24, 2.45) is 5.16 Å². The number of thioether (sulfide) groups is 1. The van der Waals surface area contributed by atoms with Gasteiger partial charge in [0.2, 0.25) is 5.91 Å². The molecule has 0 bridgehead atoms. The molecule has 1 atom stereocenters. The van der Waals surface area contributed by atoms with Gasteiger partial charge < -0.3 is 4.84 Å². The van der Waals surface area contributed by atoms with Crippen LogP contribution in [0.1, 0.15) is 33.5 Å². The Morgan fingerprint density at radius 3 is 2.41 bits per heavy atom. The van der Waals surface area contributed by atoms with Crippen molar-refractivity contribution in [1.82, 2.24) is 5.32 Å². The number of nitrogens with zero attached hydrogens (tertiary/aromatic N) is 1. The number of oxime groups is 1. The first kappa shape index (κ1) is 24.4. The van der Waals surface area contributed by atoms with E-state index in [0.29, 0.717) is 11.1 Å². The smallest absolute Gasteiger partial charge is 0.374 e. The molecule has 0 aromatic heterocycles. The van der Waals surface area contributed by atoms with Crippen LogP contribution in [0.15, 0.2) is 41.6 Å². The first-order valence-corrected chi connectivity index (χ1v) is 11.3. The van der Waals surface area contributed by atoms with E-state index in [-0.39, 0.29) is 32.6 Å². The molecule has 11 heteroatoms. The fourth-order valence-electron chi connectivity index (χ4n) is 3.30. The van der Waals surface area contributed by atoms with Crippen LogP contribution in [-0.2, 0) is 15.2 Å². The van der Waals surface area contributed by atoms with Gasteiger partial charge in [0.15, 0.2) is 0 Å². The van der Waals surface area contributed by atoms with Crippen LogP contribution in [0.2, 0.25) is 10.0 Å². The highest BCUT2D eigenvalue weighted by molar-refractivity contribution is 7.99. The summed E-state index contributed by atoms with van der Waals surface area (Å²) in [6, 6.07) is 8.02. The topological polar surface area (TPSA) is 67.8 Å². The standard InChI is InChI=1S/C21H17Cl2F3N2O3S/c1-11-5-12(3-4-16(11)19(30)27-18(29)10-32-2)17-9-20(31-28-17,21(24,25)26)13-6-14(22)8-15(23)7-13/h3-8H,9-10H2,1-2H3,(H,27,29,30). The minimum atomic E-state index is -4.81. The fourth-order valence-corrected chi connectivity index (χ4v) is 4.17. The highest BCUT2D eigenvalue weighted by Gasteiger charge is 2.62. The van der Waals surface area contributed by atoms with Gasteiger partial charge in [0.05, 0.1) is 11.5 Å². The van der Waals surface area contributed by atoms with Crippen LogP contribution in [0.3, 0.4) is 0 Å². The maximum Gasteiger partial charge on any atom is 0.435 e. The van der Waals surface area contributed by atoms with Crippen molar-refractivity contribution in [2.75, 3.05) is 12.0 Å². The molecule has 2 aromatic rings. The van der Waals surface area contributed by atoms with E-state index in [1.54, 1.807) is 13.2 Å². The van der Waals surface area contributed by atoms with Gasteiger partial charge in [-0.1, -0.05) is 34.4 Å². The number of nitrogens with one attached hydrogen (secondary N) is 1. The molecule has 0 spiro atoms. The Morgan fingerprint density at radius 2 is 1.84 bits per heavy atom. The van der Waals surface area contributed by atoms with E-state index in [0.717, 1.165) is 12.1 Å². The van der Waals surface area contributed by atoms with Gasteiger partial charge in [-0.25, -0.2) is 0 Å². The molecule has 0 saturated carbocycles. The summed E-state index contributed by atoms with van der Waals surface area (Å²) in [5.41, 5.74) is -1.91. The monoisotopic (exact) mass is 504 g/mol. The maximum atomic E-state index is 14.1. The minimum absolute atomic E-state index is 0.0374. The Morgan fingerprint density at radius 1 is 1.19 bits per heavy atom. The first-order chi connectivity index (χ1) is 15.0. The molecule has 1 N–H and O–H groups in total. The van der Waals surface area contributed by atoms with Gasteiger partial charge >= 0.3 is 6.18 Å². The average Bonchev–Trinajstić information content (AvgIpc) is 3.14. The summed E-state index contributed by atoms with van der Waals surface area (Å²) >= 11 is 13.1. The molecule has 5 nitrogen and oxygen atoms in total. The van der Waals surface area contributed by atoms with Crippen LogP contribution in [0, 0.1) is 6.92 Å². The van der Waals surface area contributed by atoms with E-state index in [1.807, 2.05) is 0 Å². The van der Waals surface area contributed by atoms with Crippen molar-refractivity contribution < 1.29 is 27.6 Å². The molecule has 0 fully saturated rings. The second kappa shape index (κ2) is 9.33. The maximum absolute atomic E-state index is 14.1. The average molecular weight is 505 g/mol. The molecule has 1 unspecified atom stereocenters. The van der Waals surface area contributed by atoms with Crippen molar-refractivity contribution in [2.45, 2.75) is 25.1 Å². The quantitative estimate of drug-likeness (QED) is 0.583. The third-order valence-electron chi connectivity index (χ3n) is 4.85. The highest BCUT2D eigenvalue weighted by Crippen LogP contribution is 2.49. The van der Waals surface area contributed by atoms with Crippen LogP contribution in [0.25, 0.3) is 0 Å². The van der Waals surface area contributed by atoms with Gasteiger partial charge in [-0.05, 0) is 54.6 Å². The Bertz CT molecular complexity index is 1090. The van der Waals surface area contributed by atoms with Crippen molar-refractivity contribution in [3.05, 3.63) is 68.7 Å². The number of amides is 2. The van der Waals surface area contributed by atoms with E-state index >= 15 is 0 Å². The number of benzene rings is 2. The van der Waals surface area contributed by atoms with Crippen LogP contribution in [-0.4, -0.2) is 35.7 Å². The summed E-state index contributed by atoms with van der Waals surface area (Å²) in [4.78, 5) is 28.9. The van der Waals surface area contributed by atoms with E-state index in [9.17, 15) is 22.8 Å². The molecule has 0 radical (unpaired) electrons. The predicted octanol–water partition coefficient (Wildman–Crippen LogP) is 5.50. The van der Waals surface area contributed by atoms with Crippen LogP contribution in [0.5, 0.6) is 0 Å². The first-order valence-electron chi connectivity index (χ1n) is 9.19. The predicted molar refractivity (Wildman–Crippen MR) is 118 cm³/mol. The number of rotatable bonds is 5. The van der Waals surface area contributed by atoms with Gasteiger partial charge in [-0.15, -0.1) is 0 Å². The van der Waals surface area contributed by atoms with Crippen LogP contribution in [0.4, 0.5) is 13.2 Å². The van der Waals surface area contributed by atoms with Crippen LogP contribution < -0.4 is 5.32 Å². The second-order valence-electron chi connectivity index (χ2n) is 7.13. The van der Waals surface area contributed by atoms with Gasteiger partial charge in [0.25, 0.3) is 11.5 Å². The van der Waals surface area contributed by atoms with Gasteiger partial charge in [0, 0.05) is 27.6 Å². The Kier molecular flexibility index (Phi) is 7.12. The Hall–Kier alpha value is -2.23. The number of imide groups is 1. The van der Waals surface area contributed by atoms with Crippen LogP contribution >= 0.6 is 35.0 Å². The summed E-state index contributed by atoms with van der Waals surface area (Å²) < 4.78 is 42.3. The molecule has 1 aliphatic rings. The van der Waals surface area contributed by atoms with Crippen molar-refractivity contribution in [1.29, 1.82) is 0 Å². The molecule has 0 aliphatic carbocycles. The number of carbonyl (C=O) groups excluding carboxylic acids is 2. The summed E-state index contributed by atoms with van der Waals surface area (Å²) in [7, 11) is 0. The summed E-state index contributed by atoms with van der Waals surface area (Å²) in [6.07, 6.45) is -3.68. The molecular formula is C21H17Cl2F3N2O3S. The van der Waals surface area contributed by atoms with E-state index in [4.69, 9.17) is 28.0 Å². The lowest BCUT2D eigenvalue weighted by molar-refractivity contribution is -0.275. The normalized spacial score (nSPS) is 18.2. The molecule has 2 aromatic carbocycles. The summed E-state index contributed by atoms with van der Waals surface area (Å²) in [6.45, 7) is 1.61. The molecule has 1 heterocycles. The molecule has 1 aliphatic heterocycles. The number of aryl methyl sites for hydroxylation is 1. The Balaban J connectivity index is 1.89. The Labute approximate surface area is 196 Å². The largest absolute Gasteiger partial charge is 0.435 e. The fraction of sp³-hybridized carbons (Fsp3) is 0.286. The van der Waals surface area contributed by atoms with Crippen molar-refractivity contribution in [3.8, 4) is 0 Å². The molecule has 170 valence electrons. The zero-order chi connectivity index (χ0) is 23.7. The molecule has 0 saturated heterocycles. The summed E-state index contributed by atoms with van der Waals surface area (Å²) in [5.74, 6) is -0.894. The SMILES string of the molecule is CSCC(=O)NC(=O)c1ccc(C2=NOC(c3cc(Cl)cc(Cl)c3)(C(F)(F)F)C2)cc1C. The lowest BCUT2D eigenvalue weighted by atomic mass is 9.86. The minimum Gasteiger partial charge on any atom is -0.374 e. The van der Waals surface area contributed by atoms with E-state index < -0.39 is 30.0 Å². The molecule has 2 amide bonds. The number of hydrogen-bond donors (Lipinski definition) is 1. The van der Waals surface area contributed by atoms with Gasteiger partial charge in [0.1, 0.15) is 0 Å². The van der Waals surface area contributed by atoms with Gasteiger partial charge in [-0.3, -0.25) is 14.9 Å². The van der Waals surface area contributed by atoms with Gasteiger partial charge in [-0.2, -0.15) is 24.9 Å². The summed E-state index contributed by atoms with van der Waals surface area (Å²) in [5, 5.41) is 6.04. The number of carbonyl (C=O) groups is 2. The zero-order valence-electron chi connectivity index (χ0n) is 16.8. The zero-order valence-corrected chi connectivity index (χ0v) is 19.2. The lowest BCUT2D eigenvalue weighted by Crippen LogP contribution is -2.42. The lowest BCUT2D eigenvalue weighted by Gasteiger charge is -2.29. The molecular weight excluding hydrogens is 488 g/mol.